The third-order valence-corrected chi connectivity index (χ3v) is 3.55. The predicted octanol–water partition coefficient (Wildman–Crippen LogP) is 1.87. The molecule has 1 aromatic carbocycles. The van der Waals surface area contributed by atoms with E-state index in [0.717, 1.165) is 17.5 Å². The Kier molecular flexibility index (Phi) is 3.68. The van der Waals surface area contributed by atoms with Crippen LogP contribution in [-0.2, 0) is 0 Å². The first-order valence-electron chi connectivity index (χ1n) is 5.32. The Hall–Kier alpha value is -1.49. The number of carbonyl (C=O) groups excluding carboxylic acids is 1. The van der Waals surface area contributed by atoms with Gasteiger partial charge in [-0.1, -0.05) is 23.9 Å². The number of ether oxygens (including phenoxy) is 1. The van der Waals surface area contributed by atoms with Gasteiger partial charge in [-0.05, 0) is 12.1 Å². The topological polar surface area (TPSA) is 41.9 Å². The minimum Gasteiger partial charge on any atom is -0.496 e. The molecule has 1 amide bonds. The van der Waals surface area contributed by atoms with Crippen molar-refractivity contribution in [2.24, 2.45) is 4.99 Å². The highest BCUT2D eigenvalue weighted by atomic mass is 32.2. The molecule has 0 N–H and O–H groups in total. The van der Waals surface area contributed by atoms with E-state index in [0.29, 0.717) is 11.3 Å². The molecular weight excluding hydrogens is 236 g/mol. The fourth-order valence-electron chi connectivity index (χ4n) is 1.62. The summed E-state index contributed by atoms with van der Waals surface area (Å²) in [7, 11) is 3.31. The van der Waals surface area contributed by atoms with E-state index in [2.05, 4.69) is 4.99 Å². The van der Waals surface area contributed by atoms with Crippen LogP contribution in [0.2, 0.25) is 0 Å². The van der Waals surface area contributed by atoms with Gasteiger partial charge in [-0.2, -0.15) is 0 Å². The van der Waals surface area contributed by atoms with Crippen LogP contribution in [0.4, 0.5) is 0 Å². The smallest absolute Gasteiger partial charge is 0.263 e. The lowest BCUT2D eigenvalue weighted by molar-refractivity contribution is 0.0870. The van der Waals surface area contributed by atoms with Crippen molar-refractivity contribution in [3.63, 3.8) is 0 Å². The fraction of sp³-hybridized carbons (Fsp3) is 0.333. The summed E-state index contributed by atoms with van der Waals surface area (Å²) in [5, 5.41) is 0.779. The largest absolute Gasteiger partial charge is 0.496 e. The lowest BCUT2D eigenvalue weighted by Gasteiger charge is -2.17. The molecule has 2 rings (SSSR count). The van der Waals surface area contributed by atoms with Crippen LogP contribution in [0.3, 0.4) is 0 Å². The van der Waals surface area contributed by atoms with Crippen LogP contribution >= 0.6 is 11.8 Å². The van der Waals surface area contributed by atoms with E-state index in [1.807, 2.05) is 12.1 Å². The van der Waals surface area contributed by atoms with E-state index in [-0.39, 0.29) is 5.91 Å². The second-order valence-corrected chi connectivity index (χ2v) is 4.64. The van der Waals surface area contributed by atoms with Gasteiger partial charge in [0.15, 0.2) is 5.17 Å². The van der Waals surface area contributed by atoms with E-state index in [1.165, 1.54) is 0 Å². The molecule has 1 heterocycles. The molecule has 4 nitrogen and oxygen atoms in total. The fourth-order valence-corrected chi connectivity index (χ4v) is 2.44. The maximum atomic E-state index is 12.3. The summed E-state index contributed by atoms with van der Waals surface area (Å²) in [5.41, 5.74) is 0.563. The average Bonchev–Trinajstić information content (AvgIpc) is 2.90. The second kappa shape index (κ2) is 5.23. The molecule has 0 aromatic heterocycles. The van der Waals surface area contributed by atoms with Gasteiger partial charge in [-0.3, -0.25) is 14.7 Å². The third kappa shape index (κ3) is 2.44. The number of thioether (sulfide) groups is 1. The van der Waals surface area contributed by atoms with Crippen molar-refractivity contribution in [3.8, 4) is 5.75 Å². The molecule has 0 spiro atoms. The summed E-state index contributed by atoms with van der Waals surface area (Å²) in [4.78, 5) is 18.1. The molecule has 0 fully saturated rings. The monoisotopic (exact) mass is 250 g/mol. The number of rotatable bonds is 2. The van der Waals surface area contributed by atoms with E-state index < -0.39 is 0 Å². The molecule has 1 aliphatic heterocycles. The van der Waals surface area contributed by atoms with Crippen LogP contribution in [0.25, 0.3) is 0 Å². The molecule has 0 bridgehead atoms. The normalized spacial score (nSPS) is 14.4. The van der Waals surface area contributed by atoms with Crippen molar-refractivity contribution < 1.29 is 9.53 Å². The number of hydrogen-bond donors (Lipinski definition) is 0. The lowest BCUT2D eigenvalue weighted by atomic mass is 10.2. The van der Waals surface area contributed by atoms with Crippen molar-refractivity contribution in [3.05, 3.63) is 29.8 Å². The number of carbonyl (C=O) groups is 1. The molecule has 1 aliphatic rings. The number of para-hydroxylation sites is 1. The zero-order valence-corrected chi connectivity index (χ0v) is 10.7. The van der Waals surface area contributed by atoms with Crippen LogP contribution in [0, 0.1) is 0 Å². The number of nitrogens with zero attached hydrogens (tertiary/aromatic N) is 2. The molecule has 5 heteroatoms. The number of benzene rings is 1. The average molecular weight is 250 g/mol. The number of amidine groups is 1. The zero-order chi connectivity index (χ0) is 12.3. The van der Waals surface area contributed by atoms with Crippen molar-refractivity contribution in [1.29, 1.82) is 0 Å². The quantitative estimate of drug-likeness (QED) is 0.804. The Morgan fingerprint density at radius 3 is 2.88 bits per heavy atom. The number of methoxy groups -OCH3 is 1. The highest BCUT2D eigenvalue weighted by Gasteiger charge is 2.22. The molecule has 90 valence electrons. The van der Waals surface area contributed by atoms with Crippen molar-refractivity contribution >= 4 is 22.8 Å². The van der Waals surface area contributed by atoms with Gasteiger partial charge in [0, 0.05) is 12.8 Å². The van der Waals surface area contributed by atoms with Crippen LogP contribution in [0.5, 0.6) is 5.75 Å². The van der Waals surface area contributed by atoms with Gasteiger partial charge >= 0.3 is 0 Å². The van der Waals surface area contributed by atoms with E-state index in [1.54, 1.807) is 43.0 Å². The Bertz CT molecular complexity index is 460. The Balaban J connectivity index is 2.24. The number of hydrogen-bond acceptors (Lipinski definition) is 4. The third-order valence-electron chi connectivity index (χ3n) is 2.50. The molecule has 1 aromatic rings. The molecule has 0 atom stereocenters. The molecule has 17 heavy (non-hydrogen) atoms. The van der Waals surface area contributed by atoms with E-state index in [4.69, 9.17) is 4.74 Å². The van der Waals surface area contributed by atoms with Gasteiger partial charge < -0.3 is 4.74 Å². The van der Waals surface area contributed by atoms with Gasteiger partial charge in [-0.15, -0.1) is 0 Å². The van der Waals surface area contributed by atoms with Gasteiger partial charge in [-0.25, -0.2) is 0 Å². The summed E-state index contributed by atoms with van der Waals surface area (Å²) in [5.74, 6) is 1.45. The number of amides is 1. The predicted molar refractivity (Wildman–Crippen MR) is 69.8 cm³/mol. The van der Waals surface area contributed by atoms with Crippen LogP contribution in [0.15, 0.2) is 29.3 Å². The minimum absolute atomic E-state index is 0.0874. The zero-order valence-electron chi connectivity index (χ0n) is 9.84. The maximum Gasteiger partial charge on any atom is 0.263 e. The summed E-state index contributed by atoms with van der Waals surface area (Å²) in [6, 6.07) is 7.22. The minimum atomic E-state index is -0.0874. The Morgan fingerprint density at radius 2 is 2.24 bits per heavy atom. The highest BCUT2D eigenvalue weighted by Crippen LogP contribution is 2.22. The first-order valence-corrected chi connectivity index (χ1v) is 6.31. The van der Waals surface area contributed by atoms with Crippen molar-refractivity contribution in [2.75, 3.05) is 26.5 Å². The summed E-state index contributed by atoms with van der Waals surface area (Å²) >= 11 is 1.60. The lowest BCUT2D eigenvalue weighted by Crippen LogP contribution is -2.30. The maximum absolute atomic E-state index is 12.3. The SMILES string of the molecule is COc1ccccc1C(=O)N(C)C1=NCCS1. The van der Waals surface area contributed by atoms with Gasteiger partial charge in [0.2, 0.25) is 0 Å². The Labute approximate surface area is 105 Å². The molecular formula is C12H14N2O2S. The summed E-state index contributed by atoms with van der Waals surface area (Å²) < 4.78 is 5.19. The van der Waals surface area contributed by atoms with Crippen LogP contribution in [-0.4, -0.2) is 42.4 Å². The number of aliphatic imine (C=N–C) groups is 1. The van der Waals surface area contributed by atoms with E-state index >= 15 is 0 Å². The van der Waals surface area contributed by atoms with Crippen LogP contribution in [0.1, 0.15) is 10.4 Å². The molecule has 0 aliphatic carbocycles. The second-order valence-electron chi connectivity index (χ2n) is 3.58. The molecule has 0 saturated heterocycles. The van der Waals surface area contributed by atoms with Gasteiger partial charge in [0.25, 0.3) is 5.91 Å². The first-order chi connectivity index (χ1) is 8.24. The van der Waals surface area contributed by atoms with Crippen LogP contribution < -0.4 is 4.74 Å². The molecule has 0 saturated carbocycles. The first kappa shape index (κ1) is 12.0. The van der Waals surface area contributed by atoms with E-state index in [9.17, 15) is 4.79 Å². The molecule has 0 radical (unpaired) electrons. The van der Waals surface area contributed by atoms with Gasteiger partial charge in [0.1, 0.15) is 5.75 Å². The molecule has 0 unspecified atom stereocenters. The Morgan fingerprint density at radius 1 is 1.47 bits per heavy atom. The van der Waals surface area contributed by atoms with Crippen molar-refractivity contribution in [1.82, 2.24) is 4.90 Å². The summed E-state index contributed by atoms with van der Waals surface area (Å²) in [6.07, 6.45) is 0. The van der Waals surface area contributed by atoms with Crippen molar-refractivity contribution in [2.45, 2.75) is 0 Å². The van der Waals surface area contributed by atoms with Gasteiger partial charge in [0.05, 0.1) is 19.2 Å². The standard InChI is InChI=1S/C12H14N2O2S/c1-14(12-13-7-8-17-12)11(15)9-5-3-4-6-10(9)16-2/h3-6H,7-8H2,1-2H3. The summed E-state index contributed by atoms with van der Waals surface area (Å²) in [6.45, 7) is 0.781. The highest BCUT2D eigenvalue weighted by molar-refractivity contribution is 8.14.